The maximum Gasteiger partial charge on any atom is 0.243 e. The fourth-order valence-electron chi connectivity index (χ4n) is 2.74. The van der Waals surface area contributed by atoms with E-state index in [4.69, 9.17) is 0 Å². The maximum atomic E-state index is 13.8. The van der Waals surface area contributed by atoms with Crippen LogP contribution in [0.4, 0.5) is 10.3 Å². The Morgan fingerprint density at radius 2 is 2.22 bits per heavy atom. The molecule has 3 rings (SSSR count). The van der Waals surface area contributed by atoms with E-state index in [2.05, 4.69) is 25.4 Å². The number of hydrogen-bond acceptors (Lipinski definition) is 6. The number of aromatic nitrogens is 3. The van der Waals surface area contributed by atoms with Crippen LogP contribution in [0.2, 0.25) is 0 Å². The van der Waals surface area contributed by atoms with Gasteiger partial charge in [0.1, 0.15) is 5.82 Å². The van der Waals surface area contributed by atoms with Crippen LogP contribution in [0.25, 0.3) is 11.3 Å². The summed E-state index contributed by atoms with van der Waals surface area (Å²) in [6, 6.07) is 6.46. The van der Waals surface area contributed by atoms with Crippen LogP contribution in [0, 0.1) is 5.82 Å². The molecule has 0 spiro atoms. The van der Waals surface area contributed by atoms with E-state index in [1.807, 2.05) is 0 Å². The Labute approximate surface area is 134 Å². The van der Waals surface area contributed by atoms with Gasteiger partial charge in [0, 0.05) is 25.2 Å². The number of likely N-dealkylation sites (tertiary alicyclic amines) is 1. The molecule has 1 atom stereocenters. The van der Waals surface area contributed by atoms with E-state index in [1.54, 1.807) is 18.2 Å². The average Bonchev–Trinajstić information content (AvgIpc) is 2.56. The van der Waals surface area contributed by atoms with Crippen molar-refractivity contribution in [2.45, 2.75) is 18.9 Å². The van der Waals surface area contributed by atoms with Gasteiger partial charge in [-0.05, 0) is 31.5 Å². The Morgan fingerprint density at radius 3 is 3.04 bits per heavy atom. The lowest BCUT2D eigenvalue weighted by Gasteiger charge is -2.29. The molecule has 2 heterocycles. The molecule has 1 aromatic carbocycles. The summed E-state index contributed by atoms with van der Waals surface area (Å²) in [5.74, 6) is 0.0459. The van der Waals surface area contributed by atoms with Crippen molar-refractivity contribution in [3.63, 3.8) is 0 Å². The highest BCUT2D eigenvalue weighted by molar-refractivity contribution is 5.59. The molecule has 1 saturated heterocycles. The first-order valence-corrected chi connectivity index (χ1v) is 7.81. The summed E-state index contributed by atoms with van der Waals surface area (Å²) in [4.78, 5) is 6.51. The zero-order chi connectivity index (χ0) is 16.1. The summed E-state index contributed by atoms with van der Waals surface area (Å²) in [7, 11) is 0. The van der Waals surface area contributed by atoms with Crippen LogP contribution in [-0.4, -0.2) is 57.5 Å². The smallest absolute Gasteiger partial charge is 0.243 e. The van der Waals surface area contributed by atoms with Crippen LogP contribution in [0.1, 0.15) is 12.8 Å². The van der Waals surface area contributed by atoms with Crippen molar-refractivity contribution >= 4 is 5.95 Å². The monoisotopic (exact) mass is 317 g/mol. The molecular formula is C16H20FN5O. The molecule has 6 nitrogen and oxygen atoms in total. The largest absolute Gasteiger partial charge is 0.392 e. The molecule has 0 amide bonds. The SMILES string of the molecule is O[C@H]1CCCN(CCNc2nncc(-c3ccccc3F)n2)C1. The highest BCUT2D eigenvalue weighted by Crippen LogP contribution is 2.19. The molecule has 1 aliphatic heterocycles. The van der Waals surface area contributed by atoms with Crippen LogP contribution in [-0.2, 0) is 0 Å². The van der Waals surface area contributed by atoms with Gasteiger partial charge in [-0.25, -0.2) is 9.37 Å². The number of benzene rings is 1. The topological polar surface area (TPSA) is 74.2 Å². The molecule has 2 N–H and O–H groups in total. The number of nitrogens with zero attached hydrogens (tertiary/aromatic N) is 4. The standard InChI is InChI=1S/C16H20FN5O/c17-14-6-2-1-5-13(14)15-10-19-21-16(20-15)18-7-9-22-8-3-4-12(23)11-22/h1-2,5-6,10,12,23H,3-4,7-9,11H2,(H,18,20,21)/t12-/m0/s1. The van der Waals surface area contributed by atoms with E-state index in [9.17, 15) is 9.50 Å². The van der Waals surface area contributed by atoms with E-state index in [1.165, 1.54) is 12.3 Å². The molecule has 0 bridgehead atoms. The molecule has 0 radical (unpaired) electrons. The van der Waals surface area contributed by atoms with Gasteiger partial charge in [0.05, 0.1) is 18.0 Å². The minimum Gasteiger partial charge on any atom is -0.392 e. The van der Waals surface area contributed by atoms with Gasteiger partial charge < -0.3 is 10.4 Å². The zero-order valence-corrected chi connectivity index (χ0v) is 12.8. The summed E-state index contributed by atoms with van der Waals surface area (Å²) in [6.45, 7) is 3.14. The zero-order valence-electron chi connectivity index (χ0n) is 12.8. The van der Waals surface area contributed by atoms with Gasteiger partial charge in [-0.3, -0.25) is 4.90 Å². The Kier molecular flexibility index (Phi) is 5.09. The van der Waals surface area contributed by atoms with Crippen molar-refractivity contribution in [3.05, 3.63) is 36.3 Å². The number of halogens is 1. The van der Waals surface area contributed by atoms with Gasteiger partial charge in [-0.15, -0.1) is 5.10 Å². The van der Waals surface area contributed by atoms with Crippen LogP contribution in [0.15, 0.2) is 30.5 Å². The van der Waals surface area contributed by atoms with Gasteiger partial charge >= 0.3 is 0 Å². The van der Waals surface area contributed by atoms with Gasteiger partial charge in [-0.1, -0.05) is 12.1 Å². The lowest BCUT2D eigenvalue weighted by molar-refractivity contribution is 0.0730. The highest BCUT2D eigenvalue weighted by atomic mass is 19.1. The summed E-state index contributed by atoms with van der Waals surface area (Å²) in [5.41, 5.74) is 0.860. The molecule has 23 heavy (non-hydrogen) atoms. The number of nitrogens with one attached hydrogen (secondary N) is 1. The molecule has 0 unspecified atom stereocenters. The summed E-state index contributed by atoms with van der Waals surface area (Å²) in [5, 5.41) is 20.6. The molecule has 122 valence electrons. The van der Waals surface area contributed by atoms with Crippen molar-refractivity contribution in [2.24, 2.45) is 0 Å². The number of rotatable bonds is 5. The summed E-state index contributed by atoms with van der Waals surface area (Å²) < 4.78 is 13.8. The van der Waals surface area contributed by atoms with Gasteiger partial charge in [-0.2, -0.15) is 5.10 Å². The summed E-state index contributed by atoms with van der Waals surface area (Å²) in [6.07, 6.45) is 3.11. The van der Waals surface area contributed by atoms with E-state index >= 15 is 0 Å². The third kappa shape index (κ3) is 4.20. The van der Waals surface area contributed by atoms with Crippen molar-refractivity contribution in [1.29, 1.82) is 0 Å². The van der Waals surface area contributed by atoms with Crippen molar-refractivity contribution in [2.75, 3.05) is 31.5 Å². The van der Waals surface area contributed by atoms with Crippen molar-refractivity contribution < 1.29 is 9.50 Å². The van der Waals surface area contributed by atoms with E-state index < -0.39 is 0 Å². The minimum absolute atomic E-state index is 0.231. The first-order valence-electron chi connectivity index (χ1n) is 7.81. The van der Waals surface area contributed by atoms with Crippen LogP contribution in [0.5, 0.6) is 0 Å². The van der Waals surface area contributed by atoms with E-state index in [-0.39, 0.29) is 11.9 Å². The normalized spacial score (nSPS) is 18.8. The molecule has 0 saturated carbocycles. The molecule has 1 aromatic heterocycles. The second-order valence-corrected chi connectivity index (χ2v) is 5.67. The molecule has 1 fully saturated rings. The van der Waals surface area contributed by atoms with Crippen LogP contribution in [0.3, 0.4) is 0 Å². The van der Waals surface area contributed by atoms with E-state index in [0.29, 0.717) is 30.3 Å². The van der Waals surface area contributed by atoms with Gasteiger partial charge in [0.25, 0.3) is 0 Å². The fourth-order valence-corrected chi connectivity index (χ4v) is 2.74. The molecular weight excluding hydrogens is 297 g/mol. The number of anilines is 1. The molecule has 1 aliphatic rings. The molecule has 0 aliphatic carbocycles. The average molecular weight is 317 g/mol. The highest BCUT2D eigenvalue weighted by Gasteiger charge is 2.17. The Morgan fingerprint density at radius 1 is 1.35 bits per heavy atom. The predicted octanol–water partition coefficient (Wildman–Crippen LogP) is 1.55. The Balaban J connectivity index is 1.59. The maximum absolute atomic E-state index is 13.8. The van der Waals surface area contributed by atoms with Gasteiger partial charge in [0.2, 0.25) is 5.95 Å². The van der Waals surface area contributed by atoms with Gasteiger partial charge in [0.15, 0.2) is 0 Å². The first-order chi connectivity index (χ1) is 11.2. The predicted molar refractivity (Wildman–Crippen MR) is 85.4 cm³/mol. The third-order valence-electron chi connectivity index (χ3n) is 3.90. The fraction of sp³-hybridized carbons (Fsp3) is 0.438. The van der Waals surface area contributed by atoms with E-state index in [0.717, 1.165) is 25.9 Å². The molecule has 7 heteroatoms. The first kappa shape index (κ1) is 15.8. The third-order valence-corrected chi connectivity index (χ3v) is 3.90. The second-order valence-electron chi connectivity index (χ2n) is 5.67. The number of hydrogen-bond donors (Lipinski definition) is 2. The number of aliphatic hydroxyl groups excluding tert-OH is 1. The lowest BCUT2D eigenvalue weighted by atomic mass is 10.1. The Bertz CT molecular complexity index is 654. The molecule has 2 aromatic rings. The van der Waals surface area contributed by atoms with Crippen molar-refractivity contribution in [3.8, 4) is 11.3 Å². The van der Waals surface area contributed by atoms with Crippen LogP contribution < -0.4 is 5.32 Å². The number of β-amino-alcohol motifs (C(OH)–C–C–N with tert-alkyl or cyclic N) is 1. The summed E-state index contributed by atoms with van der Waals surface area (Å²) >= 11 is 0. The lowest BCUT2D eigenvalue weighted by Crippen LogP contribution is -2.40. The Hall–Kier alpha value is -2.12. The second kappa shape index (κ2) is 7.43. The quantitative estimate of drug-likeness (QED) is 0.871. The van der Waals surface area contributed by atoms with Crippen molar-refractivity contribution in [1.82, 2.24) is 20.1 Å². The minimum atomic E-state index is -0.332. The number of piperidine rings is 1. The van der Waals surface area contributed by atoms with Crippen LogP contribution >= 0.6 is 0 Å². The number of aliphatic hydroxyl groups is 1.